The first-order chi connectivity index (χ1) is 19.2. The number of nitrogens with one attached hydrogen (secondary N) is 1. The summed E-state index contributed by atoms with van der Waals surface area (Å²) >= 11 is 3.63. The van der Waals surface area contributed by atoms with Gasteiger partial charge in [0.15, 0.2) is 10.8 Å². The Morgan fingerprint density at radius 2 is 2.17 bits per heavy atom. The number of aliphatic carboxylic acids is 1. The van der Waals surface area contributed by atoms with Gasteiger partial charge in [-0.25, -0.2) is 9.55 Å². The van der Waals surface area contributed by atoms with Crippen molar-refractivity contribution in [1.82, 2.24) is 20.2 Å². The van der Waals surface area contributed by atoms with E-state index in [0.717, 1.165) is 16.2 Å². The number of hydrogen-bond donors (Lipinski definition) is 4. The van der Waals surface area contributed by atoms with Crippen LogP contribution in [0, 0.1) is 0 Å². The highest BCUT2D eigenvalue weighted by Gasteiger charge is 2.53. The number of amides is 2. The monoisotopic (exact) mass is 603 g/mol. The van der Waals surface area contributed by atoms with Gasteiger partial charge in [0.05, 0.1) is 24.3 Å². The number of thioether (sulfide) groups is 2. The number of thiazole rings is 1. The molecule has 0 aliphatic carbocycles. The summed E-state index contributed by atoms with van der Waals surface area (Å²) in [6.45, 7) is 5.78. The van der Waals surface area contributed by atoms with E-state index in [-0.39, 0.29) is 39.6 Å². The molecular weight excluding hydrogens is 579 g/mol. The fourth-order valence-corrected chi connectivity index (χ4v) is 6.93. The Labute approximate surface area is 241 Å². The Bertz CT molecular complexity index is 1460. The number of anilines is 3. The Hall–Kier alpha value is -4.09. The maximum absolute atomic E-state index is 13.1. The Morgan fingerprint density at radius 1 is 1.40 bits per heavy atom. The van der Waals surface area contributed by atoms with Gasteiger partial charge in [-0.3, -0.25) is 14.5 Å². The number of oxime groups is 1. The second kappa shape index (κ2) is 12.4. The molecule has 210 valence electrons. The van der Waals surface area contributed by atoms with E-state index in [1.54, 1.807) is 23.6 Å². The van der Waals surface area contributed by atoms with Crippen LogP contribution in [-0.2, 0) is 25.8 Å². The predicted octanol–water partition coefficient (Wildman–Crippen LogP) is -0.791. The van der Waals surface area contributed by atoms with Gasteiger partial charge in [-0.15, -0.1) is 23.1 Å². The average Bonchev–Trinajstić information content (AvgIpc) is 3.34. The lowest BCUT2D eigenvalue weighted by atomic mass is 10.0. The normalized spacial score (nSPS) is 18.9. The zero-order chi connectivity index (χ0) is 29.0. The van der Waals surface area contributed by atoms with Gasteiger partial charge in [0.1, 0.15) is 23.4 Å². The van der Waals surface area contributed by atoms with Crippen LogP contribution in [0.2, 0.25) is 0 Å². The van der Waals surface area contributed by atoms with E-state index in [4.69, 9.17) is 22.0 Å². The minimum atomic E-state index is -1.50. The van der Waals surface area contributed by atoms with Gasteiger partial charge < -0.3 is 37.3 Å². The molecule has 2 aliphatic rings. The van der Waals surface area contributed by atoms with Crippen molar-refractivity contribution in [2.45, 2.75) is 30.0 Å². The fourth-order valence-electron chi connectivity index (χ4n) is 3.85. The molecule has 1 fully saturated rings. The predicted molar refractivity (Wildman–Crippen MR) is 150 cm³/mol. The molecule has 2 aromatic rings. The number of carboxylic acid groups (broad SMARTS) is 1. The van der Waals surface area contributed by atoms with E-state index in [2.05, 4.69) is 27.0 Å². The topological polar surface area (TPSA) is 219 Å². The van der Waals surface area contributed by atoms with Crippen LogP contribution in [0.4, 0.5) is 16.8 Å². The number of nitrogens with zero attached hydrogens (tertiary/aromatic N) is 5. The summed E-state index contributed by atoms with van der Waals surface area (Å²) < 4.78 is 1.68. The van der Waals surface area contributed by atoms with E-state index in [1.165, 1.54) is 41.2 Å². The molecule has 2 aliphatic heterocycles. The third-order valence-electron chi connectivity index (χ3n) is 5.60. The van der Waals surface area contributed by atoms with Gasteiger partial charge in [0, 0.05) is 16.9 Å². The smallest absolute Gasteiger partial charge is 0.301 e. The summed E-state index contributed by atoms with van der Waals surface area (Å²) in [5.41, 5.74) is 17.8. The minimum absolute atomic E-state index is 0.170. The molecule has 1 saturated heterocycles. The van der Waals surface area contributed by atoms with Crippen molar-refractivity contribution in [3.63, 3.8) is 0 Å². The lowest BCUT2D eigenvalue weighted by Gasteiger charge is -2.50. The zero-order valence-electron chi connectivity index (χ0n) is 21.1. The number of β-lactam (4-membered cyclic amide) rings is 1. The number of rotatable bonds is 11. The summed E-state index contributed by atoms with van der Waals surface area (Å²) in [5.74, 6) is -1.80. The van der Waals surface area contributed by atoms with E-state index < -0.39 is 29.2 Å². The van der Waals surface area contributed by atoms with Gasteiger partial charge in [0.25, 0.3) is 11.8 Å². The van der Waals surface area contributed by atoms with E-state index >= 15 is 0 Å². The van der Waals surface area contributed by atoms with Gasteiger partial charge in [-0.2, -0.15) is 0 Å². The second-order valence-electron chi connectivity index (χ2n) is 8.26. The van der Waals surface area contributed by atoms with Crippen molar-refractivity contribution < 1.29 is 28.9 Å². The Kier molecular flexibility index (Phi) is 8.96. The summed E-state index contributed by atoms with van der Waals surface area (Å²) in [5, 5.41) is 20.1. The highest BCUT2D eigenvalue weighted by molar-refractivity contribution is 8.01. The molecular formula is C23H25N9O5S3. The van der Waals surface area contributed by atoms with Crippen LogP contribution in [-0.4, -0.2) is 61.3 Å². The highest BCUT2D eigenvalue weighted by Crippen LogP contribution is 2.41. The number of carbonyl (C=O) groups excluding carboxylic acids is 3. The number of nitrogen functional groups attached to an aromatic ring is 3. The second-order valence-corrected chi connectivity index (χ2v) is 11.2. The zero-order valence-corrected chi connectivity index (χ0v) is 23.6. The maximum atomic E-state index is 13.1. The van der Waals surface area contributed by atoms with Crippen molar-refractivity contribution in [2.24, 2.45) is 5.16 Å². The molecule has 0 saturated carbocycles. The standard InChI is InChI=1S/C23H25N9O5S3/c1-3-5-31-14(25)7-13(24)28-23(31)40-9-11-8-38-20-16(19(34)32(20)17(11)21(35)36)29-18(33)15(30-37-6-4-2)12-10-39-22(26)27-12/h3-4,6-7,10,16,20H,1,5,8-9H2,2H3,(H7,24,25,26,27,29,33,35,36)/b6-4?,30-15-/t16?,20-/m1/s1. The largest absolute Gasteiger partial charge is 0.543 e. The molecule has 40 heavy (non-hydrogen) atoms. The molecule has 2 aromatic heterocycles. The van der Waals surface area contributed by atoms with Crippen LogP contribution in [0.25, 0.3) is 0 Å². The van der Waals surface area contributed by atoms with Crippen molar-refractivity contribution in [2.75, 3.05) is 28.7 Å². The van der Waals surface area contributed by atoms with Gasteiger partial charge in [-0.1, -0.05) is 22.8 Å². The summed E-state index contributed by atoms with van der Waals surface area (Å²) in [6.07, 6.45) is 4.48. The molecule has 7 N–H and O–H groups in total. The molecule has 14 nitrogen and oxygen atoms in total. The summed E-state index contributed by atoms with van der Waals surface area (Å²) in [7, 11) is 0. The molecule has 0 radical (unpaired) electrons. The van der Waals surface area contributed by atoms with Crippen molar-refractivity contribution in [3.8, 4) is 0 Å². The molecule has 1 unspecified atom stereocenters. The lowest BCUT2D eigenvalue weighted by molar-refractivity contribution is -0.713. The average molecular weight is 604 g/mol. The first kappa shape index (κ1) is 28.9. The number of hydrogen-bond acceptors (Lipinski definition) is 14. The number of allylic oxidation sites excluding steroid dienone is 2. The van der Waals surface area contributed by atoms with Crippen LogP contribution in [0.1, 0.15) is 12.6 Å². The third-order valence-corrected chi connectivity index (χ3v) is 8.67. The number of aromatic nitrogens is 3. The van der Waals surface area contributed by atoms with Crippen LogP contribution >= 0.6 is 34.9 Å². The maximum Gasteiger partial charge on any atom is 0.301 e. The SMILES string of the molecule is C=CC[n+]1c(N)cc(N)nc1SCC1=C(C(=O)[O-])N2C(=O)C(NC(=O)/C(=N\OC=CC)c3csc(N)n3)[C@H]2SC1. The minimum Gasteiger partial charge on any atom is -0.543 e. The third kappa shape index (κ3) is 5.90. The number of fused-ring (bicyclic) bond motifs is 1. The van der Waals surface area contributed by atoms with Crippen LogP contribution in [0.5, 0.6) is 0 Å². The number of carboxylic acids is 1. The van der Waals surface area contributed by atoms with Gasteiger partial charge in [0.2, 0.25) is 11.6 Å². The van der Waals surface area contributed by atoms with Crippen molar-refractivity contribution >= 4 is 75.1 Å². The molecule has 0 bridgehead atoms. The van der Waals surface area contributed by atoms with Gasteiger partial charge in [-0.05, 0) is 30.3 Å². The van der Waals surface area contributed by atoms with Crippen LogP contribution < -0.4 is 32.2 Å². The van der Waals surface area contributed by atoms with E-state index in [0.29, 0.717) is 23.1 Å². The number of nitrogens with two attached hydrogens (primary N) is 3. The number of carbonyl (C=O) groups is 3. The highest BCUT2D eigenvalue weighted by atomic mass is 32.2. The molecule has 0 spiro atoms. The van der Waals surface area contributed by atoms with Gasteiger partial charge >= 0.3 is 5.16 Å². The molecule has 17 heteroatoms. The molecule has 2 atom stereocenters. The first-order valence-corrected chi connectivity index (χ1v) is 14.5. The molecule has 2 amide bonds. The van der Waals surface area contributed by atoms with Crippen LogP contribution in [0.3, 0.4) is 0 Å². The van der Waals surface area contributed by atoms with E-state index in [1.807, 2.05) is 0 Å². The lowest BCUT2D eigenvalue weighted by Crippen LogP contribution is -2.71. The Balaban J connectivity index is 1.52. The van der Waals surface area contributed by atoms with E-state index in [9.17, 15) is 19.5 Å². The molecule has 0 aromatic carbocycles. The van der Waals surface area contributed by atoms with Crippen molar-refractivity contribution in [3.05, 3.63) is 53.4 Å². The van der Waals surface area contributed by atoms with Crippen molar-refractivity contribution in [1.29, 1.82) is 0 Å². The summed E-state index contributed by atoms with van der Waals surface area (Å²) in [6, 6.07) is 0.508. The molecule has 4 heterocycles. The molecule has 4 rings (SSSR count). The Morgan fingerprint density at radius 3 is 2.83 bits per heavy atom. The fraction of sp³-hybridized carbons (Fsp3) is 0.261. The quantitative estimate of drug-likeness (QED) is 0.0363. The summed E-state index contributed by atoms with van der Waals surface area (Å²) in [4.78, 5) is 52.8. The van der Waals surface area contributed by atoms with Crippen LogP contribution in [0.15, 0.2) is 58.0 Å². The first-order valence-electron chi connectivity index (χ1n) is 11.6.